The molecule has 0 radical (unpaired) electrons. The first-order chi connectivity index (χ1) is 8.27. The van der Waals surface area contributed by atoms with Crippen LogP contribution < -0.4 is 9.47 Å². The Balaban J connectivity index is 2.35. The molecule has 0 heterocycles. The largest absolute Gasteiger partial charge is 0.490 e. The van der Waals surface area contributed by atoms with E-state index in [2.05, 4.69) is 6.92 Å². The lowest BCUT2D eigenvalue weighted by atomic mass is 10.3. The molecule has 0 aliphatic carbocycles. The van der Waals surface area contributed by atoms with E-state index in [-0.39, 0.29) is 0 Å². The van der Waals surface area contributed by atoms with Crippen molar-refractivity contribution in [2.75, 3.05) is 24.8 Å². The second-order valence-corrected chi connectivity index (χ2v) is 5.42. The Morgan fingerprint density at radius 3 is 2.47 bits per heavy atom. The van der Waals surface area contributed by atoms with Gasteiger partial charge in [0.1, 0.15) is 0 Å². The minimum Gasteiger partial charge on any atom is -0.490 e. The van der Waals surface area contributed by atoms with Crippen LogP contribution in [-0.4, -0.2) is 30.1 Å². The van der Waals surface area contributed by atoms with Gasteiger partial charge in [-0.25, -0.2) is 0 Å². The lowest BCUT2D eigenvalue weighted by molar-refractivity contribution is 0.289. The summed E-state index contributed by atoms with van der Waals surface area (Å²) in [6, 6.07) is 7.75. The molecule has 0 bridgehead atoms. The van der Waals surface area contributed by atoms with Crippen LogP contribution in [0.2, 0.25) is 0 Å². The molecule has 1 atom stereocenters. The molecule has 2 nitrogen and oxygen atoms in total. The quantitative estimate of drug-likeness (QED) is 0.530. The Labute approximate surface area is 113 Å². The van der Waals surface area contributed by atoms with Crippen LogP contribution in [0.5, 0.6) is 11.5 Å². The second-order valence-electron chi connectivity index (χ2n) is 3.56. The molecular formula is C13H19ClO2S. The van der Waals surface area contributed by atoms with E-state index >= 15 is 0 Å². The highest BCUT2D eigenvalue weighted by molar-refractivity contribution is 7.99. The smallest absolute Gasteiger partial charge is 0.161 e. The Hall–Kier alpha value is -0.540. The first-order valence-electron chi connectivity index (χ1n) is 5.80. The first-order valence-corrected chi connectivity index (χ1v) is 7.38. The van der Waals surface area contributed by atoms with Crippen LogP contribution in [0.25, 0.3) is 0 Å². The van der Waals surface area contributed by atoms with Crippen LogP contribution in [0.1, 0.15) is 13.8 Å². The van der Waals surface area contributed by atoms with E-state index < -0.39 is 0 Å². The molecule has 0 saturated carbocycles. The molecule has 0 aromatic heterocycles. The van der Waals surface area contributed by atoms with Gasteiger partial charge in [-0.05, 0) is 19.1 Å². The van der Waals surface area contributed by atoms with Crippen molar-refractivity contribution in [3.05, 3.63) is 24.3 Å². The van der Waals surface area contributed by atoms with Crippen LogP contribution in [0, 0.1) is 0 Å². The Morgan fingerprint density at radius 1 is 1.24 bits per heavy atom. The molecule has 0 saturated heterocycles. The summed E-state index contributed by atoms with van der Waals surface area (Å²) < 4.78 is 11.2. The maximum absolute atomic E-state index is 5.73. The predicted molar refractivity (Wildman–Crippen MR) is 75.7 cm³/mol. The van der Waals surface area contributed by atoms with Crippen LogP contribution in [0.3, 0.4) is 0 Å². The maximum Gasteiger partial charge on any atom is 0.161 e. The van der Waals surface area contributed by atoms with Crippen LogP contribution >= 0.6 is 23.4 Å². The minimum atomic E-state index is 0.474. The van der Waals surface area contributed by atoms with Gasteiger partial charge in [-0.15, -0.1) is 11.6 Å². The van der Waals surface area contributed by atoms with Crippen molar-refractivity contribution in [2.45, 2.75) is 19.1 Å². The fourth-order valence-corrected chi connectivity index (χ4v) is 2.23. The fraction of sp³-hybridized carbons (Fsp3) is 0.538. The first kappa shape index (κ1) is 14.5. The number of thioether (sulfide) groups is 1. The Morgan fingerprint density at radius 2 is 1.88 bits per heavy atom. The Bertz CT molecular complexity index is 320. The molecule has 0 aliphatic rings. The molecule has 0 fully saturated rings. The lowest BCUT2D eigenvalue weighted by Crippen LogP contribution is -2.06. The van der Waals surface area contributed by atoms with E-state index in [1.165, 1.54) is 0 Å². The number of alkyl halides is 1. The summed E-state index contributed by atoms with van der Waals surface area (Å²) >= 11 is 7.55. The van der Waals surface area contributed by atoms with E-state index in [1.807, 2.05) is 43.0 Å². The van der Waals surface area contributed by atoms with Gasteiger partial charge in [-0.1, -0.05) is 19.1 Å². The highest BCUT2D eigenvalue weighted by Crippen LogP contribution is 2.26. The van der Waals surface area contributed by atoms with Gasteiger partial charge in [0.25, 0.3) is 0 Å². The average molecular weight is 275 g/mol. The van der Waals surface area contributed by atoms with Crippen LogP contribution in [0.15, 0.2) is 24.3 Å². The summed E-state index contributed by atoms with van der Waals surface area (Å²) in [5.41, 5.74) is 0. The Kier molecular flexibility index (Phi) is 7.29. The molecule has 1 aromatic carbocycles. The third-order valence-corrected chi connectivity index (χ3v) is 3.89. The fourth-order valence-electron chi connectivity index (χ4n) is 1.29. The summed E-state index contributed by atoms with van der Waals surface area (Å²) in [5, 5.41) is 0.474. The molecule has 96 valence electrons. The van der Waals surface area contributed by atoms with Gasteiger partial charge in [-0.2, -0.15) is 11.8 Å². The molecule has 17 heavy (non-hydrogen) atoms. The van der Waals surface area contributed by atoms with Crippen molar-refractivity contribution in [1.82, 2.24) is 0 Å². The molecule has 1 aromatic rings. The van der Waals surface area contributed by atoms with Gasteiger partial charge >= 0.3 is 0 Å². The number of hydrogen-bond acceptors (Lipinski definition) is 3. The average Bonchev–Trinajstić information content (AvgIpc) is 2.36. The zero-order valence-corrected chi connectivity index (χ0v) is 11.9. The molecular weight excluding hydrogens is 256 g/mol. The summed E-state index contributed by atoms with van der Waals surface area (Å²) in [5.74, 6) is 3.24. The number of para-hydroxylation sites is 2. The number of halogens is 1. The van der Waals surface area contributed by atoms with Crippen molar-refractivity contribution in [1.29, 1.82) is 0 Å². The van der Waals surface area contributed by atoms with E-state index in [4.69, 9.17) is 21.1 Å². The van der Waals surface area contributed by atoms with Gasteiger partial charge < -0.3 is 9.47 Å². The van der Waals surface area contributed by atoms with E-state index in [9.17, 15) is 0 Å². The van der Waals surface area contributed by atoms with Crippen LogP contribution in [0.4, 0.5) is 0 Å². The standard InChI is InChI=1S/C13H19ClO2S/c1-3-15-12-6-4-5-7-13(12)16-8-9-17-11(2)10-14/h4-7,11H,3,8-10H2,1-2H3. The normalized spacial score (nSPS) is 12.2. The number of rotatable bonds is 8. The monoisotopic (exact) mass is 274 g/mol. The molecule has 0 spiro atoms. The molecule has 0 aliphatic heterocycles. The molecule has 0 amide bonds. The van der Waals surface area contributed by atoms with E-state index in [0.717, 1.165) is 17.3 Å². The SMILES string of the molecule is CCOc1ccccc1OCCSC(C)CCl. The van der Waals surface area contributed by atoms with Crippen molar-refractivity contribution in [3.63, 3.8) is 0 Å². The minimum absolute atomic E-state index is 0.474. The lowest BCUT2D eigenvalue weighted by Gasteiger charge is -2.12. The van der Waals surface area contributed by atoms with E-state index in [1.54, 1.807) is 0 Å². The second kappa shape index (κ2) is 8.54. The predicted octanol–water partition coefficient (Wildman–Crippen LogP) is 3.82. The molecule has 4 heteroatoms. The van der Waals surface area contributed by atoms with Crippen molar-refractivity contribution >= 4 is 23.4 Å². The molecule has 1 rings (SSSR count). The van der Waals surface area contributed by atoms with E-state index in [0.29, 0.717) is 24.3 Å². The van der Waals surface area contributed by atoms with Gasteiger partial charge in [-0.3, -0.25) is 0 Å². The number of hydrogen-bond donors (Lipinski definition) is 0. The van der Waals surface area contributed by atoms with Gasteiger partial charge in [0.05, 0.1) is 13.2 Å². The van der Waals surface area contributed by atoms with Crippen molar-refractivity contribution < 1.29 is 9.47 Å². The number of benzene rings is 1. The number of ether oxygens (including phenoxy) is 2. The van der Waals surface area contributed by atoms with Gasteiger partial charge in [0, 0.05) is 16.9 Å². The highest BCUT2D eigenvalue weighted by Gasteiger charge is 2.04. The van der Waals surface area contributed by atoms with Crippen molar-refractivity contribution in [3.8, 4) is 11.5 Å². The van der Waals surface area contributed by atoms with Gasteiger partial charge in [0.2, 0.25) is 0 Å². The third-order valence-electron chi connectivity index (χ3n) is 2.11. The zero-order valence-electron chi connectivity index (χ0n) is 10.3. The maximum atomic E-state index is 5.73. The summed E-state index contributed by atoms with van der Waals surface area (Å²) in [6.45, 7) is 5.41. The van der Waals surface area contributed by atoms with Crippen LogP contribution in [-0.2, 0) is 0 Å². The van der Waals surface area contributed by atoms with Gasteiger partial charge in [0.15, 0.2) is 11.5 Å². The molecule has 0 N–H and O–H groups in total. The topological polar surface area (TPSA) is 18.5 Å². The van der Waals surface area contributed by atoms with Crippen molar-refractivity contribution in [2.24, 2.45) is 0 Å². The highest BCUT2D eigenvalue weighted by atomic mass is 35.5. The molecule has 1 unspecified atom stereocenters. The third kappa shape index (κ3) is 5.55. The summed E-state index contributed by atoms with van der Waals surface area (Å²) in [6.07, 6.45) is 0. The summed E-state index contributed by atoms with van der Waals surface area (Å²) in [4.78, 5) is 0. The summed E-state index contributed by atoms with van der Waals surface area (Å²) in [7, 11) is 0. The zero-order chi connectivity index (χ0) is 12.5.